The van der Waals surface area contributed by atoms with E-state index in [4.69, 9.17) is 9.15 Å². The van der Waals surface area contributed by atoms with E-state index in [0.29, 0.717) is 34.3 Å². The molecule has 0 aliphatic carbocycles. The van der Waals surface area contributed by atoms with E-state index >= 15 is 0 Å². The van der Waals surface area contributed by atoms with Gasteiger partial charge in [0.15, 0.2) is 0 Å². The van der Waals surface area contributed by atoms with Crippen LogP contribution in [0.1, 0.15) is 36.5 Å². The number of benzene rings is 1. The molecule has 2 rings (SSSR count). The lowest BCUT2D eigenvalue weighted by atomic mass is 10.0. The molecule has 0 aliphatic rings. The summed E-state index contributed by atoms with van der Waals surface area (Å²) < 4.78 is 10.6. The third-order valence-electron chi connectivity index (χ3n) is 4.41. The van der Waals surface area contributed by atoms with Crippen LogP contribution in [-0.4, -0.2) is 25.0 Å². The van der Waals surface area contributed by atoms with E-state index in [9.17, 15) is 19.5 Å². The summed E-state index contributed by atoms with van der Waals surface area (Å²) in [6, 6.07) is 2.45. The van der Waals surface area contributed by atoms with E-state index in [0.717, 1.165) is 0 Å². The number of carbonyl (C=O) groups excluding carboxylic acids is 2. The van der Waals surface area contributed by atoms with E-state index in [-0.39, 0.29) is 18.4 Å². The molecule has 1 heterocycles. The summed E-state index contributed by atoms with van der Waals surface area (Å²) >= 11 is 0. The van der Waals surface area contributed by atoms with Crippen molar-refractivity contribution in [1.29, 1.82) is 0 Å². The lowest BCUT2D eigenvalue weighted by molar-refractivity contribution is -0.308. The zero-order chi connectivity index (χ0) is 19.4. The first-order valence-electron chi connectivity index (χ1n) is 8.40. The Morgan fingerprint density at radius 2 is 1.96 bits per heavy atom. The van der Waals surface area contributed by atoms with Crippen molar-refractivity contribution in [2.75, 3.05) is 7.11 Å². The number of hydrogen-bond acceptors (Lipinski definition) is 6. The highest BCUT2D eigenvalue weighted by molar-refractivity contribution is 5.88. The summed E-state index contributed by atoms with van der Waals surface area (Å²) in [5.74, 6) is -1.31. The summed E-state index contributed by atoms with van der Waals surface area (Å²) in [4.78, 5) is 35.6. The third kappa shape index (κ3) is 3.87. The number of hydrogen-bond donors (Lipinski definition) is 1. The summed E-state index contributed by atoms with van der Waals surface area (Å²) in [7, 11) is 1.53. The monoisotopic (exact) mass is 360 g/mol. The highest BCUT2D eigenvalue weighted by atomic mass is 16.5. The molecular formula is C19H22NO6-. The summed E-state index contributed by atoms with van der Waals surface area (Å²) in [6.45, 7) is 5.32. The second-order valence-electron chi connectivity index (χ2n) is 6.17. The van der Waals surface area contributed by atoms with E-state index < -0.39 is 23.5 Å². The van der Waals surface area contributed by atoms with Gasteiger partial charge in [0, 0.05) is 10.9 Å². The van der Waals surface area contributed by atoms with Crippen LogP contribution in [-0.2, 0) is 16.0 Å². The molecule has 1 aromatic carbocycles. The molecule has 7 heteroatoms. The maximum Gasteiger partial charge on any atom is 0.340 e. The Labute approximate surface area is 151 Å². The summed E-state index contributed by atoms with van der Waals surface area (Å²) in [5.41, 5.74) is 1.31. The average molecular weight is 360 g/mol. The van der Waals surface area contributed by atoms with Gasteiger partial charge in [-0.1, -0.05) is 13.3 Å². The molecule has 0 fully saturated rings. The highest BCUT2D eigenvalue weighted by Crippen LogP contribution is 2.29. The molecule has 0 bridgehead atoms. The molecule has 0 aliphatic heterocycles. The van der Waals surface area contributed by atoms with Crippen molar-refractivity contribution in [2.24, 2.45) is 0 Å². The number of rotatable bonds is 7. The Balaban J connectivity index is 2.37. The van der Waals surface area contributed by atoms with Gasteiger partial charge in [0.25, 0.3) is 0 Å². The Morgan fingerprint density at radius 1 is 1.27 bits per heavy atom. The van der Waals surface area contributed by atoms with E-state index in [1.807, 2.05) is 0 Å². The van der Waals surface area contributed by atoms with Gasteiger partial charge in [0.1, 0.15) is 11.3 Å². The van der Waals surface area contributed by atoms with Crippen molar-refractivity contribution < 1.29 is 23.8 Å². The molecule has 0 saturated carbocycles. The van der Waals surface area contributed by atoms with Crippen molar-refractivity contribution in [3.63, 3.8) is 0 Å². The number of nitrogens with one attached hydrogen (secondary N) is 1. The fourth-order valence-electron chi connectivity index (χ4n) is 2.94. The fraction of sp³-hybridized carbons (Fsp3) is 0.421. The van der Waals surface area contributed by atoms with Crippen LogP contribution in [0.2, 0.25) is 0 Å². The number of aryl methyl sites for hydroxylation is 2. The molecular weight excluding hydrogens is 338 g/mol. The maximum atomic E-state index is 12.4. The van der Waals surface area contributed by atoms with Gasteiger partial charge >= 0.3 is 5.63 Å². The molecule has 2 aromatic rings. The zero-order valence-electron chi connectivity index (χ0n) is 15.3. The third-order valence-corrected chi connectivity index (χ3v) is 4.41. The second-order valence-corrected chi connectivity index (χ2v) is 6.17. The SMILES string of the molecule is CCC[C@@H](NC(=O)Cc1c(C)c2ccc(OC)c(C)c2oc1=O)C(=O)[O-]. The van der Waals surface area contributed by atoms with Crippen LogP contribution >= 0.6 is 0 Å². The van der Waals surface area contributed by atoms with Gasteiger partial charge < -0.3 is 24.4 Å². The molecule has 7 nitrogen and oxygen atoms in total. The van der Waals surface area contributed by atoms with E-state index in [2.05, 4.69) is 5.32 Å². The minimum absolute atomic E-state index is 0.202. The zero-order valence-corrected chi connectivity index (χ0v) is 15.3. The number of carbonyl (C=O) groups is 2. The van der Waals surface area contributed by atoms with Crippen LogP contribution in [0, 0.1) is 13.8 Å². The second kappa shape index (κ2) is 8.03. The van der Waals surface area contributed by atoms with Gasteiger partial charge in [-0.3, -0.25) is 4.79 Å². The minimum atomic E-state index is -1.34. The standard InChI is InChI=1S/C19H23NO6/c1-5-6-14(18(22)23)20-16(21)9-13-10(2)12-7-8-15(25-4)11(3)17(12)26-19(13)24/h7-8,14H,5-6,9H2,1-4H3,(H,20,21)(H,22,23)/p-1/t14-/m1/s1. The molecule has 0 saturated heterocycles. The lowest BCUT2D eigenvalue weighted by Gasteiger charge is -2.19. The van der Waals surface area contributed by atoms with Gasteiger partial charge in [-0.15, -0.1) is 0 Å². The van der Waals surface area contributed by atoms with Crippen LogP contribution in [0.3, 0.4) is 0 Å². The molecule has 1 aromatic heterocycles. The van der Waals surface area contributed by atoms with Crippen LogP contribution in [0.4, 0.5) is 0 Å². The first-order chi connectivity index (χ1) is 12.3. The van der Waals surface area contributed by atoms with E-state index in [1.54, 1.807) is 32.9 Å². The molecule has 1 atom stereocenters. The molecule has 0 spiro atoms. The molecule has 26 heavy (non-hydrogen) atoms. The average Bonchev–Trinajstić information content (AvgIpc) is 2.59. The number of carboxylic acids is 1. The molecule has 140 valence electrons. The van der Waals surface area contributed by atoms with Crippen LogP contribution in [0.25, 0.3) is 11.0 Å². The van der Waals surface area contributed by atoms with Crippen LogP contribution in [0.15, 0.2) is 21.3 Å². The normalized spacial score (nSPS) is 12.0. The fourth-order valence-corrected chi connectivity index (χ4v) is 2.94. The molecule has 1 N–H and O–H groups in total. The Kier molecular flexibility index (Phi) is 6.02. The predicted molar refractivity (Wildman–Crippen MR) is 94.1 cm³/mol. The number of amides is 1. The van der Waals surface area contributed by atoms with Gasteiger partial charge in [0.2, 0.25) is 5.91 Å². The van der Waals surface area contributed by atoms with E-state index in [1.165, 1.54) is 7.11 Å². The van der Waals surface area contributed by atoms with Crippen molar-refractivity contribution in [1.82, 2.24) is 5.32 Å². The number of ether oxygens (including phenoxy) is 1. The minimum Gasteiger partial charge on any atom is -0.548 e. The van der Waals surface area contributed by atoms with Crippen LogP contribution < -0.4 is 20.8 Å². The van der Waals surface area contributed by atoms with Crippen LogP contribution in [0.5, 0.6) is 5.75 Å². The molecule has 0 unspecified atom stereocenters. The van der Waals surface area contributed by atoms with Gasteiger partial charge in [-0.2, -0.15) is 0 Å². The van der Waals surface area contributed by atoms with Crippen molar-refractivity contribution in [2.45, 2.75) is 46.1 Å². The van der Waals surface area contributed by atoms with Crippen molar-refractivity contribution >= 4 is 22.8 Å². The maximum absolute atomic E-state index is 12.4. The number of methoxy groups -OCH3 is 1. The predicted octanol–water partition coefficient (Wildman–Crippen LogP) is 0.996. The topological polar surface area (TPSA) is 109 Å². The largest absolute Gasteiger partial charge is 0.548 e. The number of carboxylic acid groups (broad SMARTS) is 1. The summed E-state index contributed by atoms with van der Waals surface area (Å²) in [6.07, 6.45) is 0.582. The van der Waals surface area contributed by atoms with Gasteiger partial charge in [0.05, 0.1) is 31.1 Å². The molecule has 0 radical (unpaired) electrons. The smallest absolute Gasteiger partial charge is 0.340 e. The first-order valence-corrected chi connectivity index (χ1v) is 8.40. The van der Waals surface area contributed by atoms with Gasteiger partial charge in [-0.25, -0.2) is 4.79 Å². The number of fused-ring (bicyclic) bond motifs is 1. The van der Waals surface area contributed by atoms with Crippen molar-refractivity contribution in [3.05, 3.63) is 39.2 Å². The van der Waals surface area contributed by atoms with Gasteiger partial charge in [-0.05, 0) is 38.0 Å². The Morgan fingerprint density at radius 3 is 2.54 bits per heavy atom. The summed E-state index contributed by atoms with van der Waals surface area (Å²) in [5, 5.41) is 14.2. The number of aliphatic carboxylic acids is 1. The highest BCUT2D eigenvalue weighted by Gasteiger charge is 2.19. The quantitative estimate of drug-likeness (QED) is 0.738. The van der Waals surface area contributed by atoms with Crippen molar-refractivity contribution in [3.8, 4) is 5.75 Å². The lowest BCUT2D eigenvalue weighted by Crippen LogP contribution is -2.48. The Bertz CT molecular complexity index is 899. The molecule has 1 amide bonds. The Hall–Kier alpha value is -2.83. The first kappa shape index (κ1) is 19.5.